The molecule has 34 heavy (non-hydrogen) atoms. The maximum Gasteiger partial charge on any atom is 0.256 e. The molecular formula is C25H24ClN3O3S2. The van der Waals surface area contributed by atoms with Gasteiger partial charge in [0.05, 0.1) is 18.7 Å². The van der Waals surface area contributed by atoms with Gasteiger partial charge < -0.3 is 15.0 Å². The molecule has 2 aromatic carbocycles. The Morgan fingerprint density at radius 1 is 1.15 bits per heavy atom. The molecule has 176 valence electrons. The second kappa shape index (κ2) is 11.0. The number of amides is 2. The molecule has 3 aromatic rings. The van der Waals surface area contributed by atoms with E-state index in [0.29, 0.717) is 34.7 Å². The number of thiocarbonyl (C=S) groups is 1. The number of nitrogens with zero attached hydrogens (tertiary/aromatic N) is 2. The van der Waals surface area contributed by atoms with Crippen molar-refractivity contribution in [3.8, 4) is 5.75 Å². The first-order valence-electron chi connectivity index (χ1n) is 10.9. The SMILES string of the molecule is CCOc1ccc(NC(=O)C[C@@H]2C(=O)N(c3ccc(Cl)cc3)C(=S)N2CCc2cccs2)cc1. The minimum absolute atomic E-state index is 0.0132. The van der Waals surface area contributed by atoms with Crippen molar-refractivity contribution in [3.05, 3.63) is 75.9 Å². The normalized spacial score (nSPS) is 15.6. The number of hydrogen-bond donors (Lipinski definition) is 1. The van der Waals surface area contributed by atoms with E-state index < -0.39 is 6.04 Å². The van der Waals surface area contributed by atoms with Gasteiger partial charge in [-0.1, -0.05) is 17.7 Å². The molecule has 1 atom stereocenters. The van der Waals surface area contributed by atoms with E-state index in [9.17, 15) is 9.59 Å². The predicted octanol–water partition coefficient (Wildman–Crippen LogP) is 5.37. The topological polar surface area (TPSA) is 61.9 Å². The van der Waals surface area contributed by atoms with Crippen LogP contribution in [0.15, 0.2) is 66.0 Å². The van der Waals surface area contributed by atoms with Gasteiger partial charge in [0, 0.05) is 22.1 Å². The smallest absolute Gasteiger partial charge is 0.256 e. The van der Waals surface area contributed by atoms with Gasteiger partial charge in [-0.25, -0.2) is 0 Å². The Labute approximate surface area is 213 Å². The standard InChI is InChI=1S/C25H24ClN3O3S2/c1-2-32-20-11-7-18(8-12-20)27-23(30)16-22-24(31)29(19-9-5-17(26)6-10-19)25(33)28(22)14-13-21-4-3-15-34-21/h3-12,15,22H,2,13-14,16H2,1H3,(H,27,30)/t22-/m1/s1. The van der Waals surface area contributed by atoms with Crippen LogP contribution in [0.4, 0.5) is 11.4 Å². The molecule has 1 aliphatic heterocycles. The lowest BCUT2D eigenvalue weighted by molar-refractivity contribution is -0.124. The quantitative estimate of drug-likeness (QED) is 0.389. The van der Waals surface area contributed by atoms with Gasteiger partial charge in [-0.2, -0.15) is 0 Å². The number of nitrogens with one attached hydrogen (secondary N) is 1. The van der Waals surface area contributed by atoms with Crippen molar-refractivity contribution in [2.24, 2.45) is 0 Å². The van der Waals surface area contributed by atoms with Crippen LogP contribution in [0.2, 0.25) is 5.02 Å². The van der Waals surface area contributed by atoms with E-state index in [2.05, 4.69) is 11.4 Å². The van der Waals surface area contributed by atoms with Gasteiger partial charge in [0.2, 0.25) is 5.91 Å². The van der Waals surface area contributed by atoms with Crippen LogP contribution in [-0.2, 0) is 16.0 Å². The highest BCUT2D eigenvalue weighted by molar-refractivity contribution is 7.80. The van der Waals surface area contributed by atoms with Crippen LogP contribution < -0.4 is 15.0 Å². The number of halogens is 1. The Bertz CT molecular complexity index is 1150. The molecule has 0 saturated carbocycles. The summed E-state index contributed by atoms with van der Waals surface area (Å²) in [6.45, 7) is 3.02. The monoisotopic (exact) mass is 513 g/mol. The molecule has 9 heteroatoms. The zero-order chi connectivity index (χ0) is 24.1. The van der Waals surface area contributed by atoms with Crippen LogP contribution in [0, 0.1) is 0 Å². The fourth-order valence-corrected chi connectivity index (χ4v) is 5.03. The average molecular weight is 514 g/mol. The van der Waals surface area contributed by atoms with E-state index in [1.807, 2.05) is 23.3 Å². The first-order chi connectivity index (χ1) is 16.5. The van der Waals surface area contributed by atoms with E-state index in [0.717, 1.165) is 12.2 Å². The molecule has 1 N–H and O–H groups in total. The Morgan fingerprint density at radius 3 is 2.53 bits per heavy atom. The lowest BCUT2D eigenvalue weighted by Gasteiger charge is -2.23. The van der Waals surface area contributed by atoms with Crippen molar-refractivity contribution in [2.45, 2.75) is 25.8 Å². The van der Waals surface area contributed by atoms with Gasteiger partial charge in [-0.05, 0) is 85.5 Å². The Kier molecular flexibility index (Phi) is 7.82. The van der Waals surface area contributed by atoms with Gasteiger partial charge >= 0.3 is 0 Å². The third kappa shape index (κ3) is 5.58. The van der Waals surface area contributed by atoms with Crippen molar-refractivity contribution in [1.29, 1.82) is 0 Å². The van der Waals surface area contributed by atoms with Gasteiger partial charge in [0.15, 0.2) is 5.11 Å². The third-order valence-electron chi connectivity index (χ3n) is 5.41. The first-order valence-corrected chi connectivity index (χ1v) is 12.6. The van der Waals surface area contributed by atoms with E-state index >= 15 is 0 Å². The second-order valence-corrected chi connectivity index (χ2v) is 9.51. The number of carbonyl (C=O) groups is 2. The molecule has 2 amide bonds. The minimum atomic E-state index is -0.689. The first kappa shape index (κ1) is 24.2. The van der Waals surface area contributed by atoms with Gasteiger partial charge in [-0.3, -0.25) is 14.5 Å². The number of carbonyl (C=O) groups excluding carboxylic acids is 2. The van der Waals surface area contributed by atoms with Gasteiger partial charge in [-0.15, -0.1) is 11.3 Å². The number of thiophene rings is 1. The number of benzene rings is 2. The second-order valence-electron chi connectivity index (χ2n) is 7.68. The fourth-order valence-electron chi connectivity index (χ4n) is 3.79. The molecule has 1 aliphatic rings. The van der Waals surface area contributed by atoms with Crippen molar-refractivity contribution in [1.82, 2.24) is 4.90 Å². The maximum atomic E-state index is 13.4. The van der Waals surface area contributed by atoms with Crippen molar-refractivity contribution < 1.29 is 14.3 Å². The summed E-state index contributed by atoms with van der Waals surface area (Å²) in [4.78, 5) is 30.9. The molecule has 0 spiro atoms. The Morgan fingerprint density at radius 2 is 1.88 bits per heavy atom. The van der Waals surface area contributed by atoms with Crippen molar-refractivity contribution in [2.75, 3.05) is 23.4 Å². The number of rotatable bonds is 9. The molecule has 0 aliphatic carbocycles. The van der Waals surface area contributed by atoms with E-state index in [-0.39, 0.29) is 18.2 Å². The zero-order valence-electron chi connectivity index (χ0n) is 18.6. The maximum absolute atomic E-state index is 13.4. The molecule has 0 bridgehead atoms. The lowest BCUT2D eigenvalue weighted by Crippen LogP contribution is -2.39. The van der Waals surface area contributed by atoms with E-state index in [1.165, 1.54) is 9.78 Å². The molecule has 2 heterocycles. The van der Waals surface area contributed by atoms with Gasteiger partial charge in [0.25, 0.3) is 5.91 Å². The lowest BCUT2D eigenvalue weighted by atomic mass is 10.1. The number of hydrogen-bond acceptors (Lipinski definition) is 5. The fraction of sp³-hybridized carbons (Fsp3) is 0.240. The molecule has 1 saturated heterocycles. The molecule has 6 nitrogen and oxygen atoms in total. The predicted molar refractivity (Wildman–Crippen MR) is 141 cm³/mol. The van der Waals surface area contributed by atoms with Crippen LogP contribution in [0.1, 0.15) is 18.2 Å². The average Bonchev–Trinajstić information content (AvgIpc) is 3.42. The van der Waals surface area contributed by atoms with E-state index in [1.54, 1.807) is 59.9 Å². The highest BCUT2D eigenvalue weighted by atomic mass is 35.5. The van der Waals surface area contributed by atoms with Crippen LogP contribution in [0.3, 0.4) is 0 Å². The Hall–Kier alpha value is -2.94. The molecule has 4 rings (SSSR count). The summed E-state index contributed by atoms with van der Waals surface area (Å²) in [5.41, 5.74) is 1.27. The zero-order valence-corrected chi connectivity index (χ0v) is 21.0. The number of ether oxygens (including phenoxy) is 1. The summed E-state index contributed by atoms with van der Waals surface area (Å²) in [5, 5.41) is 5.86. The molecule has 1 aromatic heterocycles. The molecule has 0 radical (unpaired) electrons. The highest BCUT2D eigenvalue weighted by Gasteiger charge is 2.43. The summed E-state index contributed by atoms with van der Waals surface area (Å²) in [5.74, 6) is 0.250. The van der Waals surface area contributed by atoms with Crippen LogP contribution in [0.25, 0.3) is 0 Å². The summed E-state index contributed by atoms with van der Waals surface area (Å²) in [6, 6.07) is 17.4. The summed E-state index contributed by atoms with van der Waals surface area (Å²) in [7, 11) is 0. The summed E-state index contributed by atoms with van der Waals surface area (Å²) < 4.78 is 5.44. The van der Waals surface area contributed by atoms with Crippen LogP contribution in [-0.4, -0.2) is 41.0 Å². The van der Waals surface area contributed by atoms with E-state index in [4.69, 9.17) is 28.6 Å². The van der Waals surface area contributed by atoms with Crippen LogP contribution in [0.5, 0.6) is 5.75 Å². The molecular weight excluding hydrogens is 490 g/mol. The largest absolute Gasteiger partial charge is 0.494 e. The van der Waals surface area contributed by atoms with Crippen molar-refractivity contribution >= 4 is 63.5 Å². The molecule has 1 fully saturated rings. The third-order valence-corrected chi connectivity index (χ3v) is 7.02. The van der Waals surface area contributed by atoms with Gasteiger partial charge in [0.1, 0.15) is 11.8 Å². The van der Waals surface area contributed by atoms with Crippen LogP contribution >= 0.6 is 35.2 Å². The summed E-state index contributed by atoms with van der Waals surface area (Å²) >= 11 is 13.4. The number of anilines is 2. The summed E-state index contributed by atoms with van der Waals surface area (Å²) in [6.07, 6.45) is 0.720. The minimum Gasteiger partial charge on any atom is -0.494 e. The Balaban J connectivity index is 1.51. The molecule has 0 unspecified atom stereocenters. The van der Waals surface area contributed by atoms with Crippen molar-refractivity contribution in [3.63, 3.8) is 0 Å². The highest BCUT2D eigenvalue weighted by Crippen LogP contribution is 2.29.